The summed E-state index contributed by atoms with van der Waals surface area (Å²) in [7, 11) is 3.94. The summed E-state index contributed by atoms with van der Waals surface area (Å²) < 4.78 is 1.94. The van der Waals surface area contributed by atoms with E-state index in [1.54, 1.807) is 6.20 Å². The monoisotopic (exact) mass is 412 g/mol. The van der Waals surface area contributed by atoms with Crippen LogP contribution in [0.15, 0.2) is 35.4 Å². The predicted octanol–water partition coefficient (Wildman–Crippen LogP) is 2.25. The fourth-order valence-corrected chi connectivity index (χ4v) is 3.77. The number of hydrogen-bond acceptors (Lipinski definition) is 6. The molecule has 0 aliphatic carbocycles. The Morgan fingerprint density at radius 3 is 2.76 bits per heavy atom. The average Bonchev–Trinajstić information content (AvgIpc) is 3.12. The minimum atomic E-state index is -0.425. The molecule has 1 aliphatic rings. The fourth-order valence-electron chi connectivity index (χ4n) is 3.56. The second kappa shape index (κ2) is 7.36. The molecule has 0 radical (unpaired) electrons. The number of nitrogens with zero attached hydrogens (tertiary/aromatic N) is 5. The van der Waals surface area contributed by atoms with Gasteiger partial charge in [-0.3, -0.25) is 9.59 Å². The molecular formula is C20H21ClN6O2. The molecule has 8 nitrogen and oxygen atoms in total. The Morgan fingerprint density at radius 2 is 2.03 bits per heavy atom. The van der Waals surface area contributed by atoms with Gasteiger partial charge < -0.3 is 14.4 Å². The molecule has 9 heteroatoms. The van der Waals surface area contributed by atoms with Crippen LogP contribution in [0, 0.1) is 6.92 Å². The van der Waals surface area contributed by atoms with Crippen LogP contribution in [-0.2, 0) is 13.1 Å². The Hall–Kier alpha value is -3.13. The third-order valence-electron chi connectivity index (χ3n) is 5.19. The summed E-state index contributed by atoms with van der Waals surface area (Å²) in [5.74, 6) is 0.703. The van der Waals surface area contributed by atoms with Crippen LogP contribution in [0.3, 0.4) is 0 Å². The molecule has 3 aromatic rings. The molecule has 3 heterocycles. The zero-order valence-corrected chi connectivity index (χ0v) is 17.2. The van der Waals surface area contributed by atoms with Crippen molar-refractivity contribution in [3.8, 4) is 0 Å². The summed E-state index contributed by atoms with van der Waals surface area (Å²) in [6.45, 7) is 3.54. The molecular weight excluding hydrogens is 392 g/mol. The Morgan fingerprint density at radius 1 is 1.24 bits per heavy atom. The van der Waals surface area contributed by atoms with Crippen molar-refractivity contribution in [3.05, 3.63) is 68.6 Å². The molecule has 1 aromatic carbocycles. The van der Waals surface area contributed by atoms with E-state index in [1.165, 1.54) is 6.20 Å². The number of ketones is 1. The first-order valence-electron chi connectivity index (χ1n) is 9.22. The number of anilines is 2. The molecule has 0 saturated carbocycles. The highest BCUT2D eigenvalue weighted by Gasteiger charge is 2.26. The highest BCUT2D eigenvalue weighted by atomic mass is 35.5. The van der Waals surface area contributed by atoms with Crippen molar-refractivity contribution < 1.29 is 4.79 Å². The fraction of sp³-hybridized carbons (Fsp3) is 0.300. The van der Waals surface area contributed by atoms with E-state index in [0.29, 0.717) is 36.6 Å². The van der Waals surface area contributed by atoms with Gasteiger partial charge in [0.25, 0.3) is 5.56 Å². The molecule has 0 fully saturated rings. The van der Waals surface area contributed by atoms with E-state index in [0.717, 1.165) is 17.1 Å². The number of rotatable bonds is 4. The van der Waals surface area contributed by atoms with Crippen molar-refractivity contribution in [1.82, 2.24) is 19.7 Å². The molecule has 29 heavy (non-hydrogen) atoms. The van der Waals surface area contributed by atoms with Crippen molar-refractivity contribution >= 4 is 28.8 Å². The van der Waals surface area contributed by atoms with E-state index in [4.69, 9.17) is 11.6 Å². The van der Waals surface area contributed by atoms with Crippen molar-refractivity contribution in [3.63, 3.8) is 0 Å². The molecule has 1 N–H and O–H groups in total. The van der Waals surface area contributed by atoms with Crippen LogP contribution in [0.25, 0.3) is 0 Å². The van der Waals surface area contributed by atoms with Gasteiger partial charge in [-0.1, -0.05) is 11.6 Å². The molecule has 2 aromatic heterocycles. The summed E-state index contributed by atoms with van der Waals surface area (Å²) >= 11 is 6.13. The van der Waals surface area contributed by atoms with Gasteiger partial charge in [0, 0.05) is 38.4 Å². The van der Waals surface area contributed by atoms with Gasteiger partial charge in [-0.25, -0.2) is 10.1 Å². The van der Waals surface area contributed by atoms with E-state index >= 15 is 0 Å². The molecule has 0 bridgehead atoms. The summed E-state index contributed by atoms with van der Waals surface area (Å²) in [6.07, 6.45) is 3.15. The van der Waals surface area contributed by atoms with Crippen LogP contribution < -0.4 is 15.4 Å². The van der Waals surface area contributed by atoms with Gasteiger partial charge in [-0.2, -0.15) is 5.10 Å². The van der Waals surface area contributed by atoms with E-state index < -0.39 is 5.56 Å². The zero-order chi connectivity index (χ0) is 20.7. The largest absolute Gasteiger partial charge is 0.378 e. The smallest absolute Gasteiger partial charge is 0.285 e. The minimum absolute atomic E-state index is 0.0455. The van der Waals surface area contributed by atoms with Crippen LogP contribution in [0.5, 0.6) is 0 Å². The van der Waals surface area contributed by atoms with E-state index in [9.17, 15) is 9.59 Å². The van der Waals surface area contributed by atoms with Gasteiger partial charge >= 0.3 is 0 Å². The van der Waals surface area contributed by atoms with Crippen LogP contribution in [-0.4, -0.2) is 46.2 Å². The molecule has 0 spiro atoms. The van der Waals surface area contributed by atoms with Crippen LogP contribution in [0.1, 0.15) is 27.4 Å². The number of imidazole rings is 1. The number of H-pyrrole nitrogens is 1. The minimum Gasteiger partial charge on any atom is -0.378 e. The molecule has 0 unspecified atom stereocenters. The molecule has 0 atom stereocenters. The maximum Gasteiger partial charge on any atom is 0.285 e. The first-order valence-corrected chi connectivity index (χ1v) is 9.60. The van der Waals surface area contributed by atoms with E-state index in [2.05, 4.69) is 15.2 Å². The molecule has 1 aliphatic heterocycles. The topological polar surface area (TPSA) is 87.1 Å². The quantitative estimate of drug-likeness (QED) is 0.661. The first-order chi connectivity index (χ1) is 13.9. The Labute approximate surface area is 172 Å². The number of carbonyl (C=O) groups excluding carboxylic acids is 1. The number of benzene rings is 1. The zero-order valence-electron chi connectivity index (χ0n) is 16.4. The van der Waals surface area contributed by atoms with Gasteiger partial charge in [0.1, 0.15) is 16.5 Å². The predicted molar refractivity (Wildman–Crippen MR) is 112 cm³/mol. The second-order valence-electron chi connectivity index (χ2n) is 7.25. The Kier molecular flexibility index (Phi) is 4.87. The molecule has 150 valence electrons. The number of aromatic amines is 1. The standard InChI is InChI=1S/C20H21ClN6O2/c1-12-8-13(25(2)3)4-5-14(12)19(28)16-9-22-17-11-26(6-7-27(16)17)15-10-23-24-20(29)18(15)21/h4-5,8-10H,6-7,11H2,1-3H3,(H,24,29). The summed E-state index contributed by atoms with van der Waals surface area (Å²) in [5, 5.41) is 6.25. The lowest BCUT2D eigenvalue weighted by Crippen LogP contribution is -2.36. The number of fused-ring (bicyclic) bond motifs is 1. The third kappa shape index (κ3) is 3.40. The third-order valence-corrected chi connectivity index (χ3v) is 5.55. The lowest BCUT2D eigenvalue weighted by molar-refractivity contribution is 0.102. The highest BCUT2D eigenvalue weighted by molar-refractivity contribution is 6.33. The highest BCUT2D eigenvalue weighted by Crippen LogP contribution is 2.27. The van der Waals surface area contributed by atoms with Crippen molar-refractivity contribution in [2.45, 2.75) is 20.0 Å². The van der Waals surface area contributed by atoms with Crippen LogP contribution >= 0.6 is 11.6 Å². The van der Waals surface area contributed by atoms with Gasteiger partial charge in [-0.15, -0.1) is 0 Å². The molecule has 0 saturated heterocycles. The van der Waals surface area contributed by atoms with Gasteiger partial charge in [0.2, 0.25) is 5.78 Å². The normalized spacial score (nSPS) is 13.3. The summed E-state index contributed by atoms with van der Waals surface area (Å²) in [5.41, 5.74) is 3.35. The van der Waals surface area contributed by atoms with Crippen molar-refractivity contribution in [2.24, 2.45) is 0 Å². The maximum atomic E-state index is 13.2. The van der Waals surface area contributed by atoms with Gasteiger partial charge in [0.15, 0.2) is 0 Å². The molecule has 4 rings (SSSR count). The summed E-state index contributed by atoms with van der Waals surface area (Å²) in [4.78, 5) is 33.3. The van der Waals surface area contributed by atoms with E-state index in [1.807, 2.05) is 53.6 Å². The van der Waals surface area contributed by atoms with Gasteiger partial charge in [-0.05, 0) is 30.7 Å². The number of carbonyl (C=O) groups is 1. The van der Waals surface area contributed by atoms with Crippen molar-refractivity contribution in [1.29, 1.82) is 0 Å². The lowest BCUT2D eigenvalue weighted by atomic mass is 10.0. The van der Waals surface area contributed by atoms with Gasteiger partial charge in [0.05, 0.1) is 24.6 Å². The molecule has 0 amide bonds. The lowest BCUT2D eigenvalue weighted by Gasteiger charge is -2.30. The number of nitrogens with one attached hydrogen (secondary N) is 1. The van der Waals surface area contributed by atoms with E-state index in [-0.39, 0.29) is 10.8 Å². The number of aryl methyl sites for hydroxylation is 1. The van der Waals surface area contributed by atoms with Crippen molar-refractivity contribution in [2.75, 3.05) is 30.4 Å². The van der Waals surface area contributed by atoms with Crippen LogP contribution in [0.4, 0.5) is 11.4 Å². The Bertz CT molecular complexity index is 1150. The SMILES string of the molecule is Cc1cc(N(C)C)ccc1C(=O)c1cnc2n1CCN(c1cn[nH]c(=O)c1Cl)C2. The second-order valence-corrected chi connectivity index (χ2v) is 7.63. The summed E-state index contributed by atoms with van der Waals surface area (Å²) in [6, 6.07) is 5.81. The average molecular weight is 413 g/mol. The maximum absolute atomic E-state index is 13.2. The van der Waals surface area contributed by atoms with Crippen LogP contribution in [0.2, 0.25) is 5.02 Å². The first kappa shape index (κ1) is 19.2. The number of aromatic nitrogens is 4. The number of halogens is 1. The number of hydrogen-bond donors (Lipinski definition) is 1. The Balaban J connectivity index is 1.62.